The zero-order valence-electron chi connectivity index (χ0n) is 13.0. The van der Waals surface area contributed by atoms with Crippen molar-refractivity contribution in [1.82, 2.24) is 0 Å². The van der Waals surface area contributed by atoms with Gasteiger partial charge in [0.15, 0.2) is 0 Å². The van der Waals surface area contributed by atoms with Crippen LogP contribution in [0.2, 0.25) is 0 Å². The summed E-state index contributed by atoms with van der Waals surface area (Å²) in [5.74, 6) is 1.56. The quantitative estimate of drug-likeness (QED) is 0.752. The summed E-state index contributed by atoms with van der Waals surface area (Å²) in [5, 5.41) is 0. The van der Waals surface area contributed by atoms with E-state index in [0.717, 1.165) is 19.3 Å². The van der Waals surface area contributed by atoms with Crippen LogP contribution >= 0.6 is 0 Å². The van der Waals surface area contributed by atoms with Crippen LogP contribution < -0.4 is 5.73 Å². The van der Waals surface area contributed by atoms with Gasteiger partial charge in [-0.3, -0.25) is 4.79 Å². The highest BCUT2D eigenvalue weighted by Gasteiger charge is 2.34. The molecule has 1 saturated carbocycles. The smallest absolute Gasteiger partial charge is 0.310 e. The fourth-order valence-electron chi connectivity index (χ4n) is 3.18. The van der Waals surface area contributed by atoms with Crippen LogP contribution in [0.5, 0.6) is 0 Å². The Kier molecular flexibility index (Phi) is 6.84. The zero-order chi connectivity index (χ0) is 14.4. The Morgan fingerprint density at radius 3 is 2.58 bits per heavy atom. The molecule has 2 N–H and O–H groups in total. The number of rotatable bonds is 6. The Bertz CT molecular complexity index is 278. The van der Waals surface area contributed by atoms with E-state index >= 15 is 0 Å². The van der Waals surface area contributed by atoms with Crippen molar-refractivity contribution in [3.8, 4) is 0 Å². The van der Waals surface area contributed by atoms with Gasteiger partial charge < -0.3 is 10.5 Å². The topological polar surface area (TPSA) is 52.3 Å². The van der Waals surface area contributed by atoms with Crippen molar-refractivity contribution < 1.29 is 9.53 Å². The summed E-state index contributed by atoms with van der Waals surface area (Å²) in [4.78, 5) is 12.2. The fourth-order valence-corrected chi connectivity index (χ4v) is 3.18. The maximum absolute atomic E-state index is 12.2. The first kappa shape index (κ1) is 16.5. The maximum atomic E-state index is 12.2. The highest BCUT2D eigenvalue weighted by molar-refractivity contribution is 5.72. The van der Waals surface area contributed by atoms with Crippen LogP contribution in [0.1, 0.15) is 59.8 Å². The lowest BCUT2D eigenvalue weighted by atomic mass is 9.75. The van der Waals surface area contributed by atoms with Crippen LogP contribution in [0.25, 0.3) is 0 Å². The molecule has 0 spiro atoms. The molecule has 0 bridgehead atoms. The van der Waals surface area contributed by atoms with Gasteiger partial charge in [-0.1, -0.05) is 40.5 Å². The highest BCUT2D eigenvalue weighted by Crippen LogP contribution is 2.35. The third-order valence-corrected chi connectivity index (χ3v) is 4.48. The summed E-state index contributed by atoms with van der Waals surface area (Å²) in [6, 6.07) is 0. The van der Waals surface area contributed by atoms with Gasteiger partial charge in [0.1, 0.15) is 6.10 Å². The molecule has 1 rings (SSSR count). The average Bonchev–Trinajstić information content (AvgIpc) is 2.35. The Morgan fingerprint density at radius 1 is 1.37 bits per heavy atom. The zero-order valence-corrected chi connectivity index (χ0v) is 13.0. The molecule has 0 aliphatic heterocycles. The molecule has 3 heteroatoms. The van der Waals surface area contributed by atoms with E-state index in [-0.39, 0.29) is 18.0 Å². The van der Waals surface area contributed by atoms with Crippen molar-refractivity contribution in [2.75, 3.05) is 6.54 Å². The summed E-state index contributed by atoms with van der Waals surface area (Å²) >= 11 is 0. The monoisotopic (exact) mass is 269 g/mol. The van der Waals surface area contributed by atoms with E-state index in [9.17, 15) is 4.79 Å². The van der Waals surface area contributed by atoms with E-state index in [2.05, 4.69) is 27.7 Å². The lowest BCUT2D eigenvalue weighted by molar-refractivity contribution is -0.160. The SMILES string of the molecule is CCCC(CN)C(=O)OC1CC(C)CCC1C(C)C. The molecule has 1 fully saturated rings. The van der Waals surface area contributed by atoms with Crippen LogP contribution in [0.15, 0.2) is 0 Å². The molecular weight excluding hydrogens is 238 g/mol. The van der Waals surface area contributed by atoms with Gasteiger partial charge in [0.2, 0.25) is 0 Å². The number of esters is 1. The van der Waals surface area contributed by atoms with E-state index in [1.807, 2.05) is 0 Å². The third-order valence-electron chi connectivity index (χ3n) is 4.48. The van der Waals surface area contributed by atoms with E-state index in [1.165, 1.54) is 12.8 Å². The van der Waals surface area contributed by atoms with Crippen LogP contribution in [-0.4, -0.2) is 18.6 Å². The highest BCUT2D eigenvalue weighted by atomic mass is 16.5. The molecule has 4 unspecified atom stereocenters. The molecule has 0 aromatic rings. The number of carbonyl (C=O) groups excluding carboxylic acids is 1. The summed E-state index contributed by atoms with van der Waals surface area (Å²) < 4.78 is 5.82. The molecule has 0 saturated heterocycles. The van der Waals surface area contributed by atoms with Crippen molar-refractivity contribution in [2.45, 2.75) is 65.9 Å². The lowest BCUT2D eigenvalue weighted by Gasteiger charge is -2.37. The molecular formula is C16H31NO2. The number of nitrogens with two attached hydrogens (primary N) is 1. The van der Waals surface area contributed by atoms with Gasteiger partial charge in [-0.15, -0.1) is 0 Å². The summed E-state index contributed by atoms with van der Waals surface area (Å²) in [5.41, 5.74) is 5.69. The van der Waals surface area contributed by atoms with Gasteiger partial charge in [-0.2, -0.15) is 0 Å². The lowest BCUT2D eigenvalue weighted by Crippen LogP contribution is -2.38. The van der Waals surface area contributed by atoms with Crippen molar-refractivity contribution >= 4 is 5.97 Å². The number of ether oxygens (including phenoxy) is 1. The molecule has 0 heterocycles. The molecule has 1 aliphatic carbocycles. The van der Waals surface area contributed by atoms with Gasteiger partial charge in [-0.05, 0) is 37.0 Å². The Hall–Kier alpha value is -0.570. The van der Waals surface area contributed by atoms with Crippen molar-refractivity contribution in [3.05, 3.63) is 0 Å². The van der Waals surface area contributed by atoms with Crippen LogP contribution in [0.3, 0.4) is 0 Å². The Morgan fingerprint density at radius 2 is 2.05 bits per heavy atom. The first-order chi connectivity index (χ1) is 8.99. The molecule has 0 amide bonds. The molecule has 0 aromatic carbocycles. The molecule has 0 radical (unpaired) electrons. The van der Waals surface area contributed by atoms with E-state index in [0.29, 0.717) is 24.3 Å². The molecule has 3 nitrogen and oxygen atoms in total. The van der Waals surface area contributed by atoms with Crippen LogP contribution in [0, 0.1) is 23.7 Å². The van der Waals surface area contributed by atoms with Gasteiger partial charge in [0.05, 0.1) is 5.92 Å². The Labute approximate surface area is 118 Å². The van der Waals surface area contributed by atoms with Crippen molar-refractivity contribution in [3.63, 3.8) is 0 Å². The second-order valence-electron chi connectivity index (χ2n) is 6.52. The Balaban J connectivity index is 2.62. The molecule has 4 atom stereocenters. The van der Waals surface area contributed by atoms with Crippen molar-refractivity contribution in [2.24, 2.45) is 29.4 Å². The minimum Gasteiger partial charge on any atom is -0.462 e. The number of hydrogen-bond acceptors (Lipinski definition) is 3. The normalized spacial score (nSPS) is 29.3. The molecule has 1 aliphatic rings. The second-order valence-corrected chi connectivity index (χ2v) is 6.52. The van der Waals surface area contributed by atoms with E-state index in [1.54, 1.807) is 0 Å². The standard InChI is InChI=1S/C16H31NO2/c1-5-6-13(10-17)16(18)19-15-9-12(4)7-8-14(15)11(2)3/h11-15H,5-10,17H2,1-4H3. The van der Waals surface area contributed by atoms with E-state index in [4.69, 9.17) is 10.5 Å². The second kappa shape index (κ2) is 7.88. The van der Waals surface area contributed by atoms with Crippen LogP contribution in [0.4, 0.5) is 0 Å². The van der Waals surface area contributed by atoms with Gasteiger partial charge in [0, 0.05) is 6.54 Å². The van der Waals surface area contributed by atoms with Crippen molar-refractivity contribution in [1.29, 1.82) is 0 Å². The van der Waals surface area contributed by atoms with E-state index < -0.39 is 0 Å². The molecule has 112 valence electrons. The number of carbonyl (C=O) groups is 1. The largest absolute Gasteiger partial charge is 0.462 e. The van der Waals surface area contributed by atoms with Gasteiger partial charge in [0.25, 0.3) is 0 Å². The minimum absolute atomic E-state index is 0.0749. The molecule has 19 heavy (non-hydrogen) atoms. The third kappa shape index (κ3) is 4.79. The van der Waals surface area contributed by atoms with Crippen LogP contribution in [-0.2, 0) is 9.53 Å². The summed E-state index contributed by atoms with van der Waals surface area (Å²) in [6.07, 6.45) is 5.36. The predicted molar refractivity (Wildman–Crippen MR) is 78.7 cm³/mol. The summed E-state index contributed by atoms with van der Waals surface area (Å²) in [6.45, 7) is 9.20. The fraction of sp³-hybridized carbons (Fsp3) is 0.938. The average molecular weight is 269 g/mol. The van der Waals surface area contributed by atoms with Gasteiger partial charge in [-0.25, -0.2) is 0 Å². The first-order valence-electron chi connectivity index (χ1n) is 7.90. The first-order valence-corrected chi connectivity index (χ1v) is 7.90. The minimum atomic E-state index is -0.116. The maximum Gasteiger partial charge on any atom is 0.310 e. The number of hydrogen-bond donors (Lipinski definition) is 1. The predicted octanol–water partition coefficient (Wildman–Crippen LogP) is 3.37. The summed E-state index contributed by atoms with van der Waals surface area (Å²) in [7, 11) is 0. The molecule has 0 aromatic heterocycles. The van der Waals surface area contributed by atoms with Gasteiger partial charge >= 0.3 is 5.97 Å².